The molecule has 1 aromatic heterocycles. The highest BCUT2D eigenvalue weighted by Gasteiger charge is 2.09. The Bertz CT molecular complexity index is 340. The zero-order chi connectivity index (χ0) is 12.5. The van der Waals surface area contributed by atoms with Crippen molar-refractivity contribution in [1.82, 2.24) is 15.0 Å². The smallest absolute Gasteiger partial charge is 0.360 e. The number of carbonyl (C=O) groups excluding carboxylic acids is 1. The molecule has 7 heteroatoms. The SMILES string of the molecule is COCCOCCCn1cc(C(=O)OC)nn1. The molecule has 0 N–H and O–H groups in total. The number of aryl methyl sites for hydroxylation is 1. The van der Waals surface area contributed by atoms with Gasteiger partial charge in [-0.25, -0.2) is 4.79 Å². The minimum absolute atomic E-state index is 0.216. The molecule has 0 aliphatic rings. The number of carbonyl (C=O) groups is 1. The molecule has 0 aliphatic heterocycles. The van der Waals surface area contributed by atoms with Crippen LogP contribution in [-0.4, -0.2) is 55.0 Å². The predicted octanol–water partition coefficient (Wildman–Crippen LogP) is 0.118. The highest BCUT2D eigenvalue weighted by molar-refractivity contribution is 5.86. The summed E-state index contributed by atoms with van der Waals surface area (Å²) in [4.78, 5) is 11.1. The number of ether oxygens (including phenoxy) is 3. The fraction of sp³-hybridized carbons (Fsp3) is 0.700. The van der Waals surface area contributed by atoms with Gasteiger partial charge in [-0.1, -0.05) is 5.21 Å². The van der Waals surface area contributed by atoms with Gasteiger partial charge < -0.3 is 14.2 Å². The Labute approximate surface area is 99.6 Å². The first kappa shape index (κ1) is 13.6. The molecule has 0 aromatic carbocycles. The van der Waals surface area contributed by atoms with Gasteiger partial charge in [0.1, 0.15) is 0 Å². The first-order valence-electron chi connectivity index (χ1n) is 5.33. The van der Waals surface area contributed by atoms with Gasteiger partial charge in [-0.05, 0) is 6.42 Å². The molecule has 0 amide bonds. The Morgan fingerprint density at radius 2 is 2.18 bits per heavy atom. The van der Waals surface area contributed by atoms with Crippen LogP contribution in [0.25, 0.3) is 0 Å². The van der Waals surface area contributed by atoms with E-state index in [1.54, 1.807) is 18.0 Å². The van der Waals surface area contributed by atoms with Crippen LogP contribution < -0.4 is 0 Å². The molecule has 0 atom stereocenters. The van der Waals surface area contributed by atoms with Crippen LogP contribution in [0.5, 0.6) is 0 Å². The molecule has 0 saturated heterocycles. The van der Waals surface area contributed by atoms with Crippen LogP contribution in [0.15, 0.2) is 6.20 Å². The first-order valence-corrected chi connectivity index (χ1v) is 5.33. The first-order chi connectivity index (χ1) is 8.27. The molecule has 1 aromatic rings. The lowest BCUT2D eigenvalue weighted by atomic mass is 10.4. The molecule has 1 rings (SSSR count). The van der Waals surface area contributed by atoms with Crippen molar-refractivity contribution in [3.05, 3.63) is 11.9 Å². The Hall–Kier alpha value is -1.47. The number of esters is 1. The summed E-state index contributed by atoms with van der Waals surface area (Å²) >= 11 is 0. The van der Waals surface area contributed by atoms with Crippen LogP contribution in [0.1, 0.15) is 16.9 Å². The van der Waals surface area contributed by atoms with E-state index in [9.17, 15) is 4.79 Å². The normalized spacial score (nSPS) is 10.5. The van der Waals surface area contributed by atoms with Crippen LogP contribution in [0.4, 0.5) is 0 Å². The molecule has 0 aliphatic carbocycles. The Morgan fingerprint density at radius 1 is 1.35 bits per heavy atom. The maximum absolute atomic E-state index is 11.1. The fourth-order valence-corrected chi connectivity index (χ4v) is 1.18. The highest BCUT2D eigenvalue weighted by atomic mass is 16.5. The molecule has 7 nitrogen and oxygen atoms in total. The minimum atomic E-state index is -0.479. The van der Waals surface area contributed by atoms with E-state index in [1.807, 2.05) is 0 Å². The number of aromatic nitrogens is 3. The lowest BCUT2D eigenvalue weighted by Crippen LogP contribution is -2.06. The van der Waals surface area contributed by atoms with E-state index in [1.165, 1.54) is 7.11 Å². The quantitative estimate of drug-likeness (QED) is 0.477. The summed E-state index contributed by atoms with van der Waals surface area (Å²) in [5, 5.41) is 7.50. The van der Waals surface area contributed by atoms with Gasteiger partial charge in [-0.3, -0.25) is 4.68 Å². The molecule has 0 fully saturated rings. The van der Waals surface area contributed by atoms with Crippen molar-refractivity contribution >= 4 is 5.97 Å². The Kier molecular flexibility index (Phi) is 6.19. The van der Waals surface area contributed by atoms with E-state index in [-0.39, 0.29) is 5.69 Å². The van der Waals surface area contributed by atoms with Crippen molar-refractivity contribution in [3.8, 4) is 0 Å². The summed E-state index contributed by atoms with van der Waals surface area (Å²) in [6.07, 6.45) is 2.36. The number of hydrogen-bond acceptors (Lipinski definition) is 6. The Morgan fingerprint density at radius 3 is 2.88 bits per heavy atom. The van der Waals surface area contributed by atoms with Gasteiger partial charge in [-0.15, -0.1) is 5.10 Å². The second-order valence-electron chi connectivity index (χ2n) is 3.32. The molecule has 0 saturated carbocycles. The van der Waals surface area contributed by atoms with Crippen LogP contribution in [0.2, 0.25) is 0 Å². The molecule has 1 heterocycles. The van der Waals surface area contributed by atoms with Gasteiger partial charge in [0.25, 0.3) is 0 Å². The topological polar surface area (TPSA) is 75.5 Å². The third-order valence-corrected chi connectivity index (χ3v) is 2.04. The van der Waals surface area contributed by atoms with Crippen LogP contribution in [0, 0.1) is 0 Å². The number of nitrogens with zero attached hydrogens (tertiary/aromatic N) is 3. The van der Waals surface area contributed by atoms with Crippen molar-refractivity contribution < 1.29 is 19.0 Å². The number of methoxy groups -OCH3 is 2. The van der Waals surface area contributed by atoms with Crippen LogP contribution in [0.3, 0.4) is 0 Å². The average Bonchev–Trinajstić information content (AvgIpc) is 2.81. The summed E-state index contributed by atoms with van der Waals surface area (Å²) < 4.78 is 16.3. The van der Waals surface area contributed by atoms with Gasteiger partial charge in [-0.2, -0.15) is 0 Å². The molecular weight excluding hydrogens is 226 g/mol. The number of hydrogen-bond donors (Lipinski definition) is 0. The maximum Gasteiger partial charge on any atom is 0.360 e. The lowest BCUT2D eigenvalue weighted by molar-refractivity contribution is 0.0594. The van der Waals surface area contributed by atoms with E-state index in [2.05, 4.69) is 15.0 Å². The third kappa shape index (κ3) is 4.92. The second-order valence-corrected chi connectivity index (χ2v) is 3.32. The van der Waals surface area contributed by atoms with Crippen LogP contribution >= 0.6 is 0 Å². The van der Waals surface area contributed by atoms with Gasteiger partial charge in [0.2, 0.25) is 0 Å². The summed E-state index contributed by atoms with van der Waals surface area (Å²) in [6, 6.07) is 0. The molecule has 17 heavy (non-hydrogen) atoms. The largest absolute Gasteiger partial charge is 0.464 e. The van der Waals surface area contributed by atoms with Crippen molar-refractivity contribution in [2.24, 2.45) is 0 Å². The van der Waals surface area contributed by atoms with Gasteiger partial charge in [0, 0.05) is 20.3 Å². The van der Waals surface area contributed by atoms with Crippen molar-refractivity contribution in [2.75, 3.05) is 34.0 Å². The van der Waals surface area contributed by atoms with Crippen molar-refractivity contribution in [2.45, 2.75) is 13.0 Å². The van der Waals surface area contributed by atoms with E-state index in [0.29, 0.717) is 26.4 Å². The number of rotatable bonds is 8. The molecule has 0 bridgehead atoms. The van der Waals surface area contributed by atoms with Gasteiger partial charge in [0.15, 0.2) is 5.69 Å². The second kappa shape index (κ2) is 7.75. The lowest BCUT2D eigenvalue weighted by Gasteiger charge is -2.02. The summed E-state index contributed by atoms with van der Waals surface area (Å²) in [5.74, 6) is -0.479. The monoisotopic (exact) mass is 243 g/mol. The van der Waals surface area contributed by atoms with Gasteiger partial charge >= 0.3 is 5.97 Å². The van der Waals surface area contributed by atoms with E-state index in [4.69, 9.17) is 9.47 Å². The van der Waals surface area contributed by atoms with Crippen LogP contribution in [-0.2, 0) is 20.8 Å². The molecular formula is C10H17N3O4. The van der Waals surface area contributed by atoms with E-state index >= 15 is 0 Å². The standard InChI is InChI=1S/C10H17N3O4/c1-15-6-7-17-5-3-4-13-8-9(11-12-13)10(14)16-2/h8H,3-7H2,1-2H3. The third-order valence-electron chi connectivity index (χ3n) is 2.04. The molecule has 0 unspecified atom stereocenters. The minimum Gasteiger partial charge on any atom is -0.464 e. The maximum atomic E-state index is 11.1. The summed E-state index contributed by atoms with van der Waals surface area (Å²) in [7, 11) is 2.94. The summed E-state index contributed by atoms with van der Waals surface area (Å²) in [5.41, 5.74) is 0.216. The van der Waals surface area contributed by atoms with E-state index in [0.717, 1.165) is 6.42 Å². The van der Waals surface area contributed by atoms with Crippen molar-refractivity contribution in [1.29, 1.82) is 0 Å². The predicted molar refractivity (Wildman–Crippen MR) is 58.7 cm³/mol. The molecule has 0 spiro atoms. The zero-order valence-corrected chi connectivity index (χ0v) is 10.1. The fourth-order valence-electron chi connectivity index (χ4n) is 1.18. The Balaban J connectivity index is 2.19. The molecule has 0 radical (unpaired) electrons. The highest BCUT2D eigenvalue weighted by Crippen LogP contribution is 1.97. The average molecular weight is 243 g/mol. The summed E-state index contributed by atoms with van der Waals surface area (Å²) in [6.45, 7) is 2.45. The van der Waals surface area contributed by atoms with E-state index < -0.39 is 5.97 Å². The zero-order valence-electron chi connectivity index (χ0n) is 10.1. The van der Waals surface area contributed by atoms with Crippen molar-refractivity contribution in [3.63, 3.8) is 0 Å². The molecule has 96 valence electrons. The van der Waals surface area contributed by atoms with Gasteiger partial charge in [0.05, 0.1) is 26.5 Å².